The van der Waals surface area contributed by atoms with Gasteiger partial charge in [-0.25, -0.2) is 0 Å². The molecule has 0 saturated heterocycles. The Morgan fingerprint density at radius 2 is 2.43 bits per heavy atom. The molecule has 1 aromatic heterocycles. The minimum atomic E-state index is 0.398. The summed E-state index contributed by atoms with van der Waals surface area (Å²) in [5, 5.41) is 3.61. The first-order valence-corrected chi connectivity index (χ1v) is 5.55. The van der Waals surface area contributed by atoms with Crippen molar-refractivity contribution in [2.24, 2.45) is 5.92 Å². The molecule has 2 atom stereocenters. The van der Waals surface area contributed by atoms with Gasteiger partial charge in [0.1, 0.15) is 0 Å². The van der Waals surface area contributed by atoms with Crippen LogP contribution < -0.4 is 5.32 Å². The van der Waals surface area contributed by atoms with Crippen LogP contribution in [0.3, 0.4) is 0 Å². The summed E-state index contributed by atoms with van der Waals surface area (Å²) in [6.45, 7) is 3.53. The standard InChI is InChI=1S/C12H17NO/c1-12(9-4-5-14-8-9)6-10(12)7-13-11-2-3-11/h4-5,8,10-11,13H,2-3,6-7H2,1H3. The molecular formula is C12H17NO. The summed E-state index contributed by atoms with van der Waals surface area (Å²) >= 11 is 0. The summed E-state index contributed by atoms with van der Waals surface area (Å²) < 4.78 is 5.15. The first-order chi connectivity index (χ1) is 6.79. The van der Waals surface area contributed by atoms with Crippen LogP contribution in [0, 0.1) is 5.92 Å². The van der Waals surface area contributed by atoms with Gasteiger partial charge in [0.05, 0.1) is 12.5 Å². The predicted octanol–water partition coefficient (Wildman–Crippen LogP) is 2.31. The van der Waals surface area contributed by atoms with Crippen LogP contribution in [0.2, 0.25) is 0 Å². The van der Waals surface area contributed by atoms with E-state index in [2.05, 4.69) is 18.3 Å². The van der Waals surface area contributed by atoms with Crippen LogP contribution in [-0.4, -0.2) is 12.6 Å². The van der Waals surface area contributed by atoms with Crippen molar-refractivity contribution in [3.8, 4) is 0 Å². The summed E-state index contributed by atoms with van der Waals surface area (Å²) in [4.78, 5) is 0. The van der Waals surface area contributed by atoms with Crippen molar-refractivity contribution < 1.29 is 4.42 Å². The van der Waals surface area contributed by atoms with Gasteiger partial charge in [-0.2, -0.15) is 0 Å². The van der Waals surface area contributed by atoms with Crippen LogP contribution in [0.15, 0.2) is 23.0 Å². The highest BCUT2D eigenvalue weighted by molar-refractivity contribution is 5.29. The molecule has 0 radical (unpaired) electrons. The fraction of sp³-hybridized carbons (Fsp3) is 0.667. The first kappa shape index (κ1) is 8.54. The molecule has 0 amide bonds. The van der Waals surface area contributed by atoms with E-state index in [1.165, 1.54) is 31.4 Å². The molecule has 76 valence electrons. The van der Waals surface area contributed by atoms with E-state index in [1.807, 2.05) is 6.26 Å². The van der Waals surface area contributed by atoms with E-state index in [9.17, 15) is 0 Å². The zero-order chi connectivity index (χ0) is 9.60. The summed E-state index contributed by atoms with van der Waals surface area (Å²) in [5.41, 5.74) is 1.77. The number of furan rings is 1. The van der Waals surface area contributed by atoms with Crippen LogP contribution in [0.25, 0.3) is 0 Å². The molecule has 2 unspecified atom stereocenters. The van der Waals surface area contributed by atoms with Crippen molar-refractivity contribution in [1.82, 2.24) is 5.32 Å². The molecular weight excluding hydrogens is 174 g/mol. The fourth-order valence-corrected chi connectivity index (χ4v) is 2.29. The minimum absolute atomic E-state index is 0.398. The predicted molar refractivity (Wildman–Crippen MR) is 55.2 cm³/mol. The first-order valence-electron chi connectivity index (χ1n) is 5.55. The number of hydrogen-bond acceptors (Lipinski definition) is 2. The summed E-state index contributed by atoms with van der Waals surface area (Å²) in [6, 6.07) is 2.95. The molecule has 2 saturated carbocycles. The lowest BCUT2D eigenvalue weighted by atomic mass is 9.99. The third-order valence-corrected chi connectivity index (χ3v) is 3.82. The summed E-state index contributed by atoms with van der Waals surface area (Å²) in [6.07, 6.45) is 7.76. The highest BCUT2D eigenvalue weighted by Gasteiger charge is 2.51. The average Bonchev–Trinajstić information content (AvgIpc) is 3.04. The van der Waals surface area contributed by atoms with Gasteiger partial charge in [-0.3, -0.25) is 0 Å². The molecule has 2 aliphatic carbocycles. The quantitative estimate of drug-likeness (QED) is 0.790. The summed E-state index contributed by atoms with van der Waals surface area (Å²) in [7, 11) is 0. The van der Waals surface area contributed by atoms with E-state index in [0.29, 0.717) is 5.41 Å². The van der Waals surface area contributed by atoms with E-state index in [4.69, 9.17) is 4.42 Å². The molecule has 0 bridgehead atoms. The van der Waals surface area contributed by atoms with E-state index < -0.39 is 0 Å². The average molecular weight is 191 g/mol. The van der Waals surface area contributed by atoms with Gasteiger partial charge in [0.2, 0.25) is 0 Å². The molecule has 0 aromatic carbocycles. The lowest BCUT2D eigenvalue weighted by Gasteiger charge is -2.08. The van der Waals surface area contributed by atoms with Gasteiger partial charge in [0.25, 0.3) is 0 Å². The maximum atomic E-state index is 5.15. The molecule has 1 aromatic rings. The third kappa shape index (κ3) is 1.38. The van der Waals surface area contributed by atoms with Crippen molar-refractivity contribution in [3.05, 3.63) is 24.2 Å². The van der Waals surface area contributed by atoms with Crippen LogP contribution in [0.5, 0.6) is 0 Å². The van der Waals surface area contributed by atoms with E-state index in [0.717, 1.165) is 12.0 Å². The van der Waals surface area contributed by atoms with E-state index >= 15 is 0 Å². The Kier molecular flexibility index (Phi) is 1.75. The van der Waals surface area contributed by atoms with Crippen LogP contribution in [0.1, 0.15) is 31.7 Å². The second-order valence-electron chi connectivity index (χ2n) is 5.01. The van der Waals surface area contributed by atoms with Crippen LogP contribution in [-0.2, 0) is 5.41 Å². The van der Waals surface area contributed by atoms with Crippen molar-refractivity contribution in [2.75, 3.05) is 6.54 Å². The monoisotopic (exact) mass is 191 g/mol. The van der Waals surface area contributed by atoms with Gasteiger partial charge in [-0.05, 0) is 43.4 Å². The lowest BCUT2D eigenvalue weighted by Crippen LogP contribution is -2.21. The molecule has 2 aliphatic rings. The van der Waals surface area contributed by atoms with Gasteiger partial charge in [-0.15, -0.1) is 0 Å². The van der Waals surface area contributed by atoms with Crippen molar-refractivity contribution in [3.63, 3.8) is 0 Å². The van der Waals surface area contributed by atoms with Crippen molar-refractivity contribution >= 4 is 0 Å². The SMILES string of the molecule is CC1(c2ccoc2)CC1CNC1CC1. The van der Waals surface area contributed by atoms with E-state index in [-0.39, 0.29) is 0 Å². The molecule has 1 heterocycles. The third-order valence-electron chi connectivity index (χ3n) is 3.82. The van der Waals surface area contributed by atoms with Crippen LogP contribution in [0.4, 0.5) is 0 Å². The molecule has 2 heteroatoms. The number of rotatable bonds is 4. The van der Waals surface area contributed by atoms with Gasteiger partial charge in [-0.1, -0.05) is 6.92 Å². The Balaban J connectivity index is 1.59. The van der Waals surface area contributed by atoms with Crippen LogP contribution >= 0.6 is 0 Å². The minimum Gasteiger partial charge on any atom is -0.472 e. The Hall–Kier alpha value is -0.760. The second-order valence-corrected chi connectivity index (χ2v) is 5.01. The maximum absolute atomic E-state index is 5.15. The Morgan fingerprint density at radius 1 is 1.57 bits per heavy atom. The highest BCUT2D eigenvalue weighted by atomic mass is 16.3. The largest absolute Gasteiger partial charge is 0.472 e. The number of nitrogens with one attached hydrogen (secondary N) is 1. The second kappa shape index (κ2) is 2.86. The normalized spacial score (nSPS) is 35.9. The Morgan fingerprint density at radius 3 is 3.07 bits per heavy atom. The molecule has 2 nitrogen and oxygen atoms in total. The lowest BCUT2D eigenvalue weighted by molar-refractivity contribution is 0.545. The smallest absolute Gasteiger partial charge is 0.0940 e. The molecule has 14 heavy (non-hydrogen) atoms. The van der Waals surface area contributed by atoms with Crippen molar-refractivity contribution in [2.45, 2.75) is 37.6 Å². The van der Waals surface area contributed by atoms with Gasteiger partial charge >= 0.3 is 0 Å². The zero-order valence-electron chi connectivity index (χ0n) is 8.62. The molecule has 1 N–H and O–H groups in total. The van der Waals surface area contributed by atoms with Gasteiger partial charge < -0.3 is 9.73 Å². The topological polar surface area (TPSA) is 25.2 Å². The molecule has 0 aliphatic heterocycles. The zero-order valence-corrected chi connectivity index (χ0v) is 8.62. The van der Waals surface area contributed by atoms with E-state index in [1.54, 1.807) is 6.26 Å². The molecule has 3 rings (SSSR count). The van der Waals surface area contributed by atoms with Crippen molar-refractivity contribution in [1.29, 1.82) is 0 Å². The van der Waals surface area contributed by atoms with Gasteiger partial charge in [0, 0.05) is 11.5 Å². The Labute approximate surface area is 84.7 Å². The highest BCUT2D eigenvalue weighted by Crippen LogP contribution is 2.53. The Bertz CT molecular complexity index is 315. The fourth-order valence-electron chi connectivity index (χ4n) is 2.29. The molecule has 2 fully saturated rings. The molecule has 0 spiro atoms. The van der Waals surface area contributed by atoms with Gasteiger partial charge in [0.15, 0.2) is 0 Å². The maximum Gasteiger partial charge on any atom is 0.0940 e. The summed E-state index contributed by atoms with van der Waals surface area (Å²) in [5.74, 6) is 0.820. The number of hydrogen-bond donors (Lipinski definition) is 1.